The van der Waals surface area contributed by atoms with Crippen molar-refractivity contribution in [3.8, 4) is 11.5 Å². The summed E-state index contributed by atoms with van der Waals surface area (Å²) in [6.45, 7) is 2.27. The third-order valence-electron chi connectivity index (χ3n) is 3.17. The summed E-state index contributed by atoms with van der Waals surface area (Å²) in [5.41, 5.74) is 0.597. The fourth-order valence-electron chi connectivity index (χ4n) is 2.00. The minimum Gasteiger partial charge on any atom is -0.494 e. The summed E-state index contributed by atoms with van der Waals surface area (Å²) in [7, 11) is 1.28. The van der Waals surface area contributed by atoms with E-state index >= 15 is 0 Å². The predicted octanol–water partition coefficient (Wildman–Crippen LogP) is 3.54. The van der Waals surface area contributed by atoms with Crippen molar-refractivity contribution >= 4 is 29.2 Å². The molecule has 6 nitrogen and oxygen atoms in total. The molecule has 0 aromatic heterocycles. The van der Waals surface area contributed by atoms with Crippen molar-refractivity contribution in [3.05, 3.63) is 53.1 Å². The minimum absolute atomic E-state index is 0.202. The van der Waals surface area contributed by atoms with Gasteiger partial charge in [-0.15, -0.1) is 0 Å². The molecule has 0 aliphatic rings. The van der Waals surface area contributed by atoms with Crippen LogP contribution in [0, 0.1) is 0 Å². The minimum atomic E-state index is -0.516. The highest BCUT2D eigenvalue weighted by molar-refractivity contribution is 6.33. The molecule has 25 heavy (non-hydrogen) atoms. The van der Waals surface area contributed by atoms with E-state index in [9.17, 15) is 9.59 Å². The van der Waals surface area contributed by atoms with Crippen molar-refractivity contribution in [1.82, 2.24) is 0 Å². The number of hydrogen-bond donors (Lipinski definition) is 1. The summed E-state index contributed by atoms with van der Waals surface area (Å²) < 4.78 is 15.4. The molecule has 0 atom stereocenters. The van der Waals surface area contributed by atoms with Crippen LogP contribution in [0.3, 0.4) is 0 Å². The van der Waals surface area contributed by atoms with Gasteiger partial charge in [-0.3, -0.25) is 4.79 Å². The third-order valence-corrected chi connectivity index (χ3v) is 3.50. The van der Waals surface area contributed by atoms with Crippen molar-refractivity contribution < 1.29 is 23.8 Å². The molecule has 0 saturated carbocycles. The van der Waals surface area contributed by atoms with E-state index in [1.807, 2.05) is 6.92 Å². The van der Waals surface area contributed by atoms with Gasteiger partial charge in [0.05, 0.1) is 30.0 Å². The predicted molar refractivity (Wildman–Crippen MR) is 94.5 cm³/mol. The Labute approximate surface area is 150 Å². The van der Waals surface area contributed by atoms with Crippen LogP contribution in [0.5, 0.6) is 11.5 Å². The van der Waals surface area contributed by atoms with Gasteiger partial charge in [-0.25, -0.2) is 4.79 Å². The fourth-order valence-corrected chi connectivity index (χ4v) is 2.16. The Kier molecular flexibility index (Phi) is 6.65. The largest absolute Gasteiger partial charge is 0.494 e. The van der Waals surface area contributed by atoms with Crippen LogP contribution in [0.25, 0.3) is 0 Å². The molecule has 0 radical (unpaired) electrons. The van der Waals surface area contributed by atoms with Gasteiger partial charge in [0.15, 0.2) is 6.61 Å². The molecule has 1 N–H and O–H groups in total. The fraction of sp³-hybridized carbons (Fsp3) is 0.222. The quantitative estimate of drug-likeness (QED) is 0.761. The number of ether oxygens (including phenoxy) is 3. The van der Waals surface area contributed by atoms with Gasteiger partial charge >= 0.3 is 5.97 Å². The third kappa shape index (κ3) is 5.39. The molecule has 0 heterocycles. The molecule has 2 aromatic carbocycles. The molecule has 7 heteroatoms. The number of benzene rings is 2. The Morgan fingerprint density at radius 3 is 2.28 bits per heavy atom. The summed E-state index contributed by atoms with van der Waals surface area (Å²) in [4.78, 5) is 23.6. The molecule has 2 rings (SSSR count). The van der Waals surface area contributed by atoms with Crippen LogP contribution in [0.2, 0.25) is 5.02 Å². The molecule has 0 aliphatic carbocycles. The molecule has 2 aromatic rings. The molecular formula is C18H18ClNO5. The van der Waals surface area contributed by atoms with Gasteiger partial charge in [-0.2, -0.15) is 0 Å². The first-order chi connectivity index (χ1) is 12.0. The zero-order valence-electron chi connectivity index (χ0n) is 13.9. The van der Waals surface area contributed by atoms with Crippen LogP contribution >= 0.6 is 11.6 Å². The summed E-state index contributed by atoms with van der Waals surface area (Å²) >= 11 is 6.03. The van der Waals surface area contributed by atoms with E-state index in [2.05, 4.69) is 10.1 Å². The van der Waals surface area contributed by atoms with Gasteiger partial charge in [0, 0.05) is 0 Å². The SMILES string of the molecule is CCOc1ccc(OCC(=O)Nc2cc(C(=O)OC)ccc2Cl)cc1. The second-order valence-corrected chi connectivity index (χ2v) is 5.33. The molecule has 0 fully saturated rings. The Morgan fingerprint density at radius 2 is 1.68 bits per heavy atom. The molecule has 132 valence electrons. The number of carbonyl (C=O) groups is 2. The van der Waals surface area contributed by atoms with Gasteiger partial charge in [0.2, 0.25) is 0 Å². The Hall–Kier alpha value is -2.73. The molecule has 0 spiro atoms. The molecule has 1 amide bonds. The van der Waals surface area contributed by atoms with Gasteiger partial charge in [0.25, 0.3) is 5.91 Å². The van der Waals surface area contributed by atoms with E-state index in [0.717, 1.165) is 5.75 Å². The van der Waals surface area contributed by atoms with E-state index in [4.69, 9.17) is 21.1 Å². The molecule has 0 unspecified atom stereocenters. The van der Waals surface area contributed by atoms with Gasteiger partial charge in [-0.05, 0) is 49.4 Å². The lowest BCUT2D eigenvalue weighted by atomic mass is 10.2. The maximum atomic E-state index is 12.0. The normalized spacial score (nSPS) is 10.0. The van der Waals surface area contributed by atoms with Crippen LogP contribution in [0.1, 0.15) is 17.3 Å². The first-order valence-electron chi connectivity index (χ1n) is 7.57. The van der Waals surface area contributed by atoms with Gasteiger partial charge in [-0.1, -0.05) is 11.6 Å². The van der Waals surface area contributed by atoms with E-state index in [0.29, 0.717) is 23.1 Å². The molecular weight excluding hydrogens is 346 g/mol. The van der Waals surface area contributed by atoms with Crippen molar-refractivity contribution in [2.45, 2.75) is 6.92 Å². The average Bonchev–Trinajstić information content (AvgIpc) is 2.62. The highest BCUT2D eigenvalue weighted by Crippen LogP contribution is 2.23. The zero-order chi connectivity index (χ0) is 18.2. The van der Waals surface area contributed by atoms with Crippen molar-refractivity contribution in [3.63, 3.8) is 0 Å². The van der Waals surface area contributed by atoms with Crippen molar-refractivity contribution in [1.29, 1.82) is 0 Å². The number of hydrogen-bond acceptors (Lipinski definition) is 5. The lowest BCUT2D eigenvalue weighted by Gasteiger charge is -2.10. The highest BCUT2D eigenvalue weighted by atomic mass is 35.5. The lowest BCUT2D eigenvalue weighted by molar-refractivity contribution is -0.118. The summed E-state index contributed by atoms with van der Waals surface area (Å²) in [6, 6.07) is 11.4. The molecule has 0 bridgehead atoms. The Morgan fingerprint density at radius 1 is 1.04 bits per heavy atom. The number of methoxy groups -OCH3 is 1. The van der Waals surface area contributed by atoms with Gasteiger partial charge in [0.1, 0.15) is 11.5 Å². The topological polar surface area (TPSA) is 73.9 Å². The first-order valence-corrected chi connectivity index (χ1v) is 7.94. The first kappa shape index (κ1) is 18.6. The monoisotopic (exact) mass is 363 g/mol. The molecule has 0 saturated heterocycles. The summed E-state index contributed by atoms with van der Waals surface area (Å²) in [5.74, 6) is 0.342. The van der Waals surface area contributed by atoms with E-state index in [-0.39, 0.29) is 12.2 Å². The van der Waals surface area contributed by atoms with Gasteiger partial charge < -0.3 is 19.5 Å². The van der Waals surface area contributed by atoms with Crippen LogP contribution in [-0.4, -0.2) is 32.2 Å². The number of amides is 1. The Bertz CT molecular complexity index is 746. The maximum absolute atomic E-state index is 12.0. The number of nitrogens with one attached hydrogen (secondary N) is 1. The van der Waals surface area contributed by atoms with E-state index in [1.54, 1.807) is 24.3 Å². The second kappa shape index (κ2) is 8.94. The highest BCUT2D eigenvalue weighted by Gasteiger charge is 2.11. The number of carbonyl (C=O) groups excluding carboxylic acids is 2. The van der Waals surface area contributed by atoms with Crippen LogP contribution in [0.15, 0.2) is 42.5 Å². The van der Waals surface area contributed by atoms with Crippen LogP contribution in [0.4, 0.5) is 5.69 Å². The van der Waals surface area contributed by atoms with Crippen LogP contribution < -0.4 is 14.8 Å². The van der Waals surface area contributed by atoms with Crippen molar-refractivity contribution in [2.24, 2.45) is 0 Å². The van der Waals surface area contributed by atoms with Crippen LogP contribution in [-0.2, 0) is 9.53 Å². The smallest absolute Gasteiger partial charge is 0.337 e. The average molecular weight is 364 g/mol. The van der Waals surface area contributed by atoms with E-state index in [1.165, 1.54) is 25.3 Å². The maximum Gasteiger partial charge on any atom is 0.337 e. The molecule has 0 aliphatic heterocycles. The lowest BCUT2D eigenvalue weighted by Crippen LogP contribution is -2.20. The summed E-state index contributed by atoms with van der Waals surface area (Å²) in [5, 5.41) is 2.91. The second-order valence-electron chi connectivity index (χ2n) is 4.93. The van der Waals surface area contributed by atoms with E-state index < -0.39 is 11.9 Å². The number of rotatable bonds is 7. The van der Waals surface area contributed by atoms with Crippen molar-refractivity contribution in [2.75, 3.05) is 25.6 Å². The number of esters is 1. The zero-order valence-corrected chi connectivity index (χ0v) is 14.6. The Balaban J connectivity index is 1.94. The number of anilines is 1. The summed E-state index contributed by atoms with van der Waals surface area (Å²) in [6.07, 6.45) is 0. The number of halogens is 1. The standard InChI is InChI=1S/C18H18ClNO5/c1-3-24-13-5-7-14(8-6-13)25-11-17(21)20-16-10-12(18(22)23-2)4-9-15(16)19/h4-10H,3,11H2,1-2H3,(H,20,21).